The molecule has 19 heavy (non-hydrogen) atoms. The molecule has 106 valence electrons. The summed E-state index contributed by atoms with van der Waals surface area (Å²) < 4.78 is 11.5. The third kappa shape index (κ3) is 4.20. The molecule has 0 spiro atoms. The number of hydrogen-bond donors (Lipinski definition) is 1. The second-order valence-electron chi connectivity index (χ2n) is 5.14. The maximum Gasteiger partial charge on any atom is 0.0427 e. The molecule has 0 aromatic heterocycles. The highest BCUT2D eigenvalue weighted by molar-refractivity contribution is 7.85. The van der Waals surface area contributed by atoms with Gasteiger partial charge in [-0.25, -0.2) is 0 Å². The summed E-state index contributed by atoms with van der Waals surface area (Å²) in [4.78, 5) is 2.30. The Bertz CT molecular complexity index is 455. The van der Waals surface area contributed by atoms with Crippen molar-refractivity contribution in [1.82, 2.24) is 5.32 Å². The third-order valence-corrected chi connectivity index (χ3v) is 4.78. The van der Waals surface area contributed by atoms with Gasteiger partial charge in [0.05, 0.1) is 0 Å². The molecule has 0 radical (unpaired) electrons. The van der Waals surface area contributed by atoms with Crippen LogP contribution in [0.25, 0.3) is 0 Å². The number of nitrogens with zero attached hydrogens (tertiary/aromatic N) is 1. The molecular weight excluding hydrogens is 280 g/mol. The van der Waals surface area contributed by atoms with Gasteiger partial charge in [-0.05, 0) is 17.7 Å². The summed E-state index contributed by atoms with van der Waals surface area (Å²) >= 11 is 6.12. The number of nitrogens with one attached hydrogen (secondary N) is 1. The van der Waals surface area contributed by atoms with E-state index in [-0.39, 0.29) is 0 Å². The van der Waals surface area contributed by atoms with Crippen LogP contribution in [0.5, 0.6) is 0 Å². The Morgan fingerprint density at radius 3 is 2.68 bits per heavy atom. The van der Waals surface area contributed by atoms with Crippen LogP contribution in [0.3, 0.4) is 0 Å². The normalized spacial score (nSPS) is 17.2. The van der Waals surface area contributed by atoms with Crippen molar-refractivity contribution in [3.63, 3.8) is 0 Å². The Kier molecular flexibility index (Phi) is 5.25. The zero-order chi connectivity index (χ0) is 13.8. The van der Waals surface area contributed by atoms with E-state index >= 15 is 0 Å². The van der Waals surface area contributed by atoms with Crippen LogP contribution in [0.1, 0.15) is 19.4 Å². The minimum absolute atomic E-state index is 0.456. The first-order valence-electron chi connectivity index (χ1n) is 6.68. The second-order valence-corrected chi connectivity index (χ2v) is 7.28. The summed E-state index contributed by atoms with van der Waals surface area (Å²) in [5.74, 6) is 1.51. The third-order valence-electron chi connectivity index (χ3n) is 3.27. The van der Waals surface area contributed by atoms with Crippen LogP contribution in [-0.2, 0) is 17.3 Å². The van der Waals surface area contributed by atoms with E-state index in [1.807, 2.05) is 12.1 Å². The number of rotatable bonds is 4. The van der Waals surface area contributed by atoms with Crippen molar-refractivity contribution in [1.29, 1.82) is 0 Å². The quantitative estimate of drug-likeness (QED) is 0.927. The highest BCUT2D eigenvalue weighted by Gasteiger charge is 2.18. The number of benzene rings is 1. The smallest absolute Gasteiger partial charge is 0.0427 e. The van der Waals surface area contributed by atoms with E-state index in [1.165, 1.54) is 11.3 Å². The standard InChI is InChI=1S/C14H21ClN2OS/c1-11(2)16-10-12-3-4-13(15)9-14(12)17-5-7-19(18)8-6-17/h3-4,9,11,16H,5-8,10H2,1-2H3. The van der Waals surface area contributed by atoms with Crippen LogP contribution in [0.2, 0.25) is 5.02 Å². The maximum absolute atomic E-state index is 11.5. The van der Waals surface area contributed by atoms with E-state index in [0.717, 1.165) is 36.2 Å². The Hall–Kier alpha value is -0.580. The molecular formula is C14H21ClN2OS. The summed E-state index contributed by atoms with van der Waals surface area (Å²) in [5, 5.41) is 4.20. The van der Waals surface area contributed by atoms with Gasteiger partial charge in [-0.1, -0.05) is 31.5 Å². The molecule has 1 fully saturated rings. The average molecular weight is 301 g/mol. The van der Waals surface area contributed by atoms with Gasteiger partial charge in [0, 0.05) is 58.7 Å². The van der Waals surface area contributed by atoms with Gasteiger partial charge < -0.3 is 10.2 Å². The first kappa shape index (κ1) is 14.8. The molecule has 0 bridgehead atoms. The van der Waals surface area contributed by atoms with E-state index in [2.05, 4.69) is 30.1 Å². The molecule has 0 amide bonds. The summed E-state index contributed by atoms with van der Waals surface area (Å²) in [6.07, 6.45) is 0. The van der Waals surface area contributed by atoms with Crippen molar-refractivity contribution in [3.05, 3.63) is 28.8 Å². The van der Waals surface area contributed by atoms with Gasteiger partial charge >= 0.3 is 0 Å². The zero-order valence-electron chi connectivity index (χ0n) is 11.5. The summed E-state index contributed by atoms with van der Waals surface area (Å²) in [6.45, 7) is 6.81. The summed E-state index contributed by atoms with van der Waals surface area (Å²) in [5.41, 5.74) is 2.43. The molecule has 1 aliphatic rings. The molecule has 1 aromatic carbocycles. The largest absolute Gasteiger partial charge is 0.369 e. The summed E-state index contributed by atoms with van der Waals surface area (Å²) in [7, 11) is -0.648. The summed E-state index contributed by atoms with van der Waals surface area (Å²) in [6, 6.07) is 6.49. The van der Waals surface area contributed by atoms with Crippen LogP contribution in [0, 0.1) is 0 Å². The van der Waals surface area contributed by atoms with Gasteiger partial charge in [-0.2, -0.15) is 0 Å². The van der Waals surface area contributed by atoms with Gasteiger partial charge in [0.2, 0.25) is 0 Å². The van der Waals surface area contributed by atoms with Crippen LogP contribution in [-0.4, -0.2) is 34.8 Å². The zero-order valence-corrected chi connectivity index (χ0v) is 13.1. The molecule has 1 aliphatic heterocycles. The molecule has 1 aromatic rings. The van der Waals surface area contributed by atoms with E-state index in [0.29, 0.717) is 6.04 Å². The fourth-order valence-corrected chi connectivity index (χ4v) is 3.39. The van der Waals surface area contributed by atoms with Crippen molar-refractivity contribution in [2.45, 2.75) is 26.4 Å². The lowest BCUT2D eigenvalue weighted by Crippen LogP contribution is -2.38. The van der Waals surface area contributed by atoms with Crippen molar-refractivity contribution < 1.29 is 4.21 Å². The number of halogens is 1. The Labute approximate surface area is 122 Å². The van der Waals surface area contributed by atoms with Crippen LogP contribution < -0.4 is 10.2 Å². The second kappa shape index (κ2) is 6.73. The molecule has 0 atom stereocenters. The lowest BCUT2D eigenvalue weighted by molar-refractivity contribution is 0.588. The molecule has 0 saturated carbocycles. The van der Waals surface area contributed by atoms with Crippen LogP contribution >= 0.6 is 11.6 Å². The monoisotopic (exact) mass is 300 g/mol. The van der Waals surface area contributed by atoms with Gasteiger partial charge in [-0.15, -0.1) is 0 Å². The predicted octanol–water partition coefficient (Wildman–Crippen LogP) is 2.41. The van der Waals surface area contributed by atoms with Gasteiger partial charge in [0.25, 0.3) is 0 Å². The van der Waals surface area contributed by atoms with Gasteiger partial charge in [0.15, 0.2) is 0 Å². The first-order chi connectivity index (χ1) is 9.06. The van der Waals surface area contributed by atoms with E-state index < -0.39 is 10.8 Å². The molecule has 2 rings (SSSR count). The highest BCUT2D eigenvalue weighted by Crippen LogP contribution is 2.26. The minimum Gasteiger partial charge on any atom is -0.369 e. The van der Waals surface area contributed by atoms with E-state index in [9.17, 15) is 4.21 Å². The Balaban J connectivity index is 2.16. The van der Waals surface area contributed by atoms with Crippen molar-refractivity contribution >= 4 is 28.1 Å². The molecule has 1 heterocycles. The van der Waals surface area contributed by atoms with Crippen LogP contribution in [0.4, 0.5) is 5.69 Å². The van der Waals surface area contributed by atoms with E-state index in [1.54, 1.807) is 0 Å². The van der Waals surface area contributed by atoms with Crippen molar-refractivity contribution in [3.8, 4) is 0 Å². The van der Waals surface area contributed by atoms with E-state index in [4.69, 9.17) is 11.6 Å². The Morgan fingerprint density at radius 1 is 1.37 bits per heavy atom. The SMILES string of the molecule is CC(C)NCc1ccc(Cl)cc1N1CCS(=O)CC1. The molecule has 0 unspecified atom stereocenters. The first-order valence-corrected chi connectivity index (χ1v) is 8.54. The molecule has 5 heteroatoms. The number of anilines is 1. The van der Waals surface area contributed by atoms with Crippen molar-refractivity contribution in [2.24, 2.45) is 0 Å². The Morgan fingerprint density at radius 2 is 2.05 bits per heavy atom. The van der Waals surface area contributed by atoms with Crippen molar-refractivity contribution in [2.75, 3.05) is 29.5 Å². The topological polar surface area (TPSA) is 32.3 Å². The van der Waals surface area contributed by atoms with Crippen LogP contribution in [0.15, 0.2) is 18.2 Å². The minimum atomic E-state index is -0.648. The lowest BCUT2D eigenvalue weighted by atomic mass is 10.1. The maximum atomic E-state index is 11.5. The fraction of sp³-hybridized carbons (Fsp3) is 0.571. The highest BCUT2D eigenvalue weighted by atomic mass is 35.5. The van der Waals surface area contributed by atoms with Gasteiger partial charge in [-0.3, -0.25) is 4.21 Å². The fourth-order valence-electron chi connectivity index (χ4n) is 2.17. The molecule has 3 nitrogen and oxygen atoms in total. The number of hydrogen-bond acceptors (Lipinski definition) is 3. The average Bonchev–Trinajstić information content (AvgIpc) is 2.38. The molecule has 0 aliphatic carbocycles. The van der Waals surface area contributed by atoms with Gasteiger partial charge in [0.1, 0.15) is 0 Å². The predicted molar refractivity (Wildman–Crippen MR) is 83.5 cm³/mol. The molecule has 1 N–H and O–H groups in total. The lowest BCUT2D eigenvalue weighted by Gasteiger charge is -2.30. The molecule has 1 saturated heterocycles.